The maximum Gasteiger partial charge on any atom is 0.319 e. The number of aliphatic carboxylic acids is 1. The van der Waals surface area contributed by atoms with E-state index >= 15 is 0 Å². The summed E-state index contributed by atoms with van der Waals surface area (Å²) >= 11 is 0. The molecule has 3 N–H and O–H groups in total. The molecule has 20 heavy (non-hydrogen) atoms. The van der Waals surface area contributed by atoms with Gasteiger partial charge in [-0.2, -0.15) is 0 Å². The molecule has 0 spiro atoms. The minimum Gasteiger partial charge on any atom is -0.481 e. The number of para-hydroxylation sites is 1. The Bertz CT molecular complexity index is 504. The van der Waals surface area contributed by atoms with Gasteiger partial charge in [-0.1, -0.05) is 25.1 Å². The maximum absolute atomic E-state index is 12.0. The Morgan fingerprint density at radius 1 is 1.30 bits per heavy atom. The molecule has 5 nitrogen and oxygen atoms in total. The molecule has 0 heterocycles. The molecule has 2 amide bonds. The highest BCUT2D eigenvalue weighted by atomic mass is 16.4. The Kier molecular flexibility index (Phi) is 4.27. The number of rotatable bonds is 5. The summed E-state index contributed by atoms with van der Waals surface area (Å²) in [5, 5.41) is 14.6. The molecule has 0 radical (unpaired) electrons. The minimum atomic E-state index is -0.913. The summed E-state index contributed by atoms with van der Waals surface area (Å²) in [7, 11) is 0. The largest absolute Gasteiger partial charge is 0.481 e. The number of carbonyl (C=O) groups excluding carboxylic acids is 1. The fourth-order valence-corrected chi connectivity index (χ4v) is 2.52. The zero-order chi connectivity index (χ0) is 14.6. The van der Waals surface area contributed by atoms with Crippen LogP contribution in [0, 0.1) is 0 Å². The van der Waals surface area contributed by atoms with Gasteiger partial charge >= 0.3 is 12.0 Å². The van der Waals surface area contributed by atoms with Crippen molar-refractivity contribution in [3.63, 3.8) is 0 Å². The zero-order valence-electron chi connectivity index (χ0n) is 11.6. The van der Waals surface area contributed by atoms with Crippen molar-refractivity contribution >= 4 is 17.7 Å². The number of amides is 2. The molecule has 5 heteroatoms. The van der Waals surface area contributed by atoms with Crippen molar-refractivity contribution in [1.82, 2.24) is 5.32 Å². The van der Waals surface area contributed by atoms with E-state index in [1.165, 1.54) is 0 Å². The van der Waals surface area contributed by atoms with E-state index in [1.807, 2.05) is 0 Å². The molecule has 2 rings (SSSR count). The molecule has 1 fully saturated rings. The number of carbonyl (C=O) groups is 2. The van der Waals surface area contributed by atoms with Gasteiger partial charge < -0.3 is 15.7 Å². The van der Waals surface area contributed by atoms with E-state index in [-0.39, 0.29) is 18.0 Å². The first-order valence-electron chi connectivity index (χ1n) is 6.93. The summed E-state index contributed by atoms with van der Waals surface area (Å²) in [6, 6.07) is 6.71. The van der Waals surface area contributed by atoms with Gasteiger partial charge in [0.1, 0.15) is 0 Å². The molecule has 0 bridgehead atoms. The number of carboxylic acid groups (broad SMARTS) is 1. The fraction of sp³-hybridized carbons (Fsp3) is 0.467. The van der Waals surface area contributed by atoms with Crippen LogP contribution in [0.5, 0.6) is 0 Å². The number of carboxylic acids is 1. The van der Waals surface area contributed by atoms with Gasteiger partial charge in [0.25, 0.3) is 0 Å². The molecule has 0 unspecified atom stereocenters. The zero-order valence-corrected chi connectivity index (χ0v) is 11.6. The topological polar surface area (TPSA) is 78.4 Å². The number of hydrogen-bond acceptors (Lipinski definition) is 2. The van der Waals surface area contributed by atoms with Crippen LogP contribution in [0.1, 0.15) is 38.2 Å². The predicted octanol–water partition coefficient (Wildman–Crippen LogP) is 2.77. The van der Waals surface area contributed by atoms with E-state index in [9.17, 15) is 9.59 Å². The fourth-order valence-electron chi connectivity index (χ4n) is 2.52. The molecule has 1 saturated carbocycles. The van der Waals surface area contributed by atoms with Crippen LogP contribution in [0.15, 0.2) is 24.3 Å². The normalized spacial score (nSPS) is 16.1. The van der Waals surface area contributed by atoms with Gasteiger partial charge in [-0.05, 0) is 37.3 Å². The highest BCUT2D eigenvalue weighted by molar-refractivity contribution is 5.91. The summed E-state index contributed by atoms with van der Waals surface area (Å²) in [6.07, 6.45) is 3.97. The molecular weight excluding hydrogens is 256 g/mol. The lowest BCUT2D eigenvalue weighted by atomic mass is 9.75. The van der Waals surface area contributed by atoms with E-state index in [1.54, 1.807) is 24.3 Å². The minimum absolute atomic E-state index is 0.0776. The average Bonchev–Trinajstić information content (AvgIpc) is 2.36. The van der Waals surface area contributed by atoms with Gasteiger partial charge in [0.2, 0.25) is 0 Å². The van der Waals surface area contributed by atoms with Crippen LogP contribution in [0.3, 0.4) is 0 Å². The van der Waals surface area contributed by atoms with Crippen molar-refractivity contribution in [1.29, 1.82) is 0 Å². The van der Waals surface area contributed by atoms with Crippen molar-refractivity contribution < 1.29 is 14.7 Å². The molecule has 0 atom stereocenters. The van der Waals surface area contributed by atoms with Crippen LogP contribution >= 0.6 is 0 Å². The lowest BCUT2D eigenvalue weighted by Crippen LogP contribution is -2.54. The monoisotopic (exact) mass is 276 g/mol. The Morgan fingerprint density at radius 2 is 2.00 bits per heavy atom. The average molecular weight is 276 g/mol. The maximum atomic E-state index is 12.0. The quantitative estimate of drug-likeness (QED) is 0.773. The van der Waals surface area contributed by atoms with Crippen LogP contribution in [-0.4, -0.2) is 22.6 Å². The third-order valence-electron chi connectivity index (χ3n) is 3.97. The Morgan fingerprint density at radius 3 is 2.55 bits per heavy atom. The highest BCUT2D eigenvalue weighted by Crippen LogP contribution is 2.34. The molecular formula is C15H20N2O3. The number of anilines is 1. The molecule has 0 aliphatic heterocycles. The van der Waals surface area contributed by atoms with Crippen molar-refractivity contribution in [2.45, 2.75) is 44.6 Å². The van der Waals surface area contributed by atoms with Crippen LogP contribution in [-0.2, 0) is 11.2 Å². The molecule has 1 aliphatic carbocycles. The summed E-state index contributed by atoms with van der Waals surface area (Å²) in [5.41, 5.74) is 1.08. The van der Waals surface area contributed by atoms with Gasteiger partial charge in [-0.3, -0.25) is 4.79 Å². The van der Waals surface area contributed by atoms with Crippen molar-refractivity contribution in [3.05, 3.63) is 29.8 Å². The van der Waals surface area contributed by atoms with E-state index in [0.717, 1.165) is 25.7 Å². The smallest absolute Gasteiger partial charge is 0.319 e. The second-order valence-corrected chi connectivity index (χ2v) is 5.29. The first kappa shape index (κ1) is 14.4. The predicted molar refractivity (Wildman–Crippen MR) is 76.8 cm³/mol. The van der Waals surface area contributed by atoms with Gasteiger partial charge in [-0.25, -0.2) is 4.79 Å². The van der Waals surface area contributed by atoms with E-state index in [0.29, 0.717) is 11.3 Å². The van der Waals surface area contributed by atoms with Crippen LogP contribution in [0.4, 0.5) is 10.5 Å². The molecule has 0 aromatic heterocycles. The second-order valence-electron chi connectivity index (χ2n) is 5.29. The molecule has 0 saturated heterocycles. The SMILES string of the molecule is CCC1(NC(=O)Nc2ccccc2CC(=O)O)CCC1. The third-order valence-corrected chi connectivity index (χ3v) is 3.97. The number of nitrogens with one attached hydrogen (secondary N) is 2. The van der Waals surface area contributed by atoms with E-state index < -0.39 is 5.97 Å². The summed E-state index contributed by atoms with van der Waals surface area (Å²) in [5.74, 6) is -0.913. The molecule has 108 valence electrons. The Balaban J connectivity index is 2.02. The first-order valence-corrected chi connectivity index (χ1v) is 6.93. The molecule has 1 aliphatic rings. The van der Waals surface area contributed by atoms with Crippen LogP contribution in [0.25, 0.3) is 0 Å². The van der Waals surface area contributed by atoms with Gasteiger partial charge in [-0.15, -0.1) is 0 Å². The first-order chi connectivity index (χ1) is 9.54. The lowest BCUT2D eigenvalue weighted by Gasteiger charge is -2.41. The Hall–Kier alpha value is -2.04. The summed E-state index contributed by atoms with van der Waals surface area (Å²) in [4.78, 5) is 22.9. The lowest BCUT2D eigenvalue weighted by molar-refractivity contribution is -0.136. The van der Waals surface area contributed by atoms with Crippen molar-refractivity contribution in [2.24, 2.45) is 0 Å². The second kappa shape index (κ2) is 5.94. The van der Waals surface area contributed by atoms with Crippen LogP contribution < -0.4 is 10.6 Å². The summed E-state index contributed by atoms with van der Waals surface area (Å²) in [6.45, 7) is 2.07. The van der Waals surface area contributed by atoms with Gasteiger partial charge in [0, 0.05) is 11.2 Å². The number of hydrogen-bond donors (Lipinski definition) is 3. The molecule has 1 aromatic carbocycles. The van der Waals surface area contributed by atoms with Gasteiger partial charge in [0.15, 0.2) is 0 Å². The number of benzene rings is 1. The molecule has 1 aromatic rings. The van der Waals surface area contributed by atoms with E-state index in [4.69, 9.17) is 5.11 Å². The summed E-state index contributed by atoms with van der Waals surface area (Å²) < 4.78 is 0. The Labute approximate surface area is 118 Å². The highest BCUT2D eigenvalue weighted by Gasteiger charge is 2.36. The van der Waals surface area contributed by atoms with Crippen LogP contribution in [0.2, 0.25) is 0 Å². The standard InChI is InChI=1S/C15H20N2O3/c1-2-15(8-5-9-15)17-14(20)16-12-7-4-3-6-11(12)10-13(18)19/h3-4,6-7H,2,5,8-10H2,1H3,(H,18,19)(H2,16,17,20). The van der Waals surface area contributed by atoms with Crippen molar-refractivity contribution in [2.75, 3.05) is 5.32 Å². The van der Waals surface area contributed by atoms with Crippen molar-refractivity contribution in [3.8, 4) is 0 Å². The van der Waals surface area contributed by atoms with E-state index in [2.05, 4.69) is 17.6 Å². The van der Waals surface area contributed by atoms with Gasteiger partial charge in [0.05, 0.1) is 6.42 Å². The third kappa shape index (κ3) is 3.29. The number of urea groups is 1.